The minimum Gasteiger partial charge on any atom is -0.485 e. The van der Waals surface area contributed by atoms with Crippen LogP contribution in [0.25, 0.3) is 0 Å². The molecule has 1 fully saturated rings. The first-order chi connectivity index (χ1) is 16.8. The van der Waals surface area contributed by atoms with Gasteiger partial charge in [0.05, 0.1) is 5.69 Å². The van der Waals surface area contributed by atoms with E-state index in [4.69, 9.17) is 9.47 Å². The maximum absolute atomic E-state index is 13.3. The summed E-state index contributed by atoms with van der Waals surface area (Å²) >= 11 is 0. The van der Waals surface area contributed by atoms with E-state index in [1.54, 1.807) is 32.0 Å². The number of benzene rings is 2. The van der Waals surface area contributed by atoms with Crippen LogP contribution >= 0.6 is 0 Å². The van der Waals surface area contributed by atoms with Crippen LogP contribution in [0.3, 0.4) is 0 Å². The fraction of sp³-hybridized carbons (Fsp3) is 0.423. The number of rotatable bonds is 9. The first-order valence-corrected chi connectivity index (χ1v) is 11.8. The molecule has 1 N–H and O–H groups in total. The molecule has 0 aliphatic carbocycles. The van der Waals surface area contributed by atoms with Crippen LogP contribution in [0.15, 0.2) is 36.4 Å². The van der Waals surface area contributed by atoms with Crippen LogP contribution in [0.1, 0.15) is 35.7 Å². The Bertz CT molecular complexity index is 1120. The Kier molecular flexibility index (Phi) is 7.65. The van der Waals surface area contributed by atoms with Gasteiger partial charge in [0, 0.05) is 18.7 Å². The molecule has 2 aromatic carbocycles. The highest BCUT2D eigenvalue weighted by atomic mass is 19.1. The second-order valence-corrected chi connectivity index (χ2v) is 8.87. The number of carbonyl (C=O) groups excluding carboxylic acids is 3. The van der Waals surface area contributed by atoms with Gasteiger partial charge in [0.25, 0.3) is 5.91 Å². The molecule has 2 aliphatic heterocycles. The molecule has 2 aromatic rings. The van der Waals surface area contributed by atoms with Gasteiger partial charge in [-0.1, -0.05) is 0 Å². The monoisotopic (exact) mass is 483 g/mol. The molecule has 1 saturated heterocycles. The van der Waals surface area contributed by atoms with E-state index >= 15 is 0 Å². The normalized spacial score (nSPS) is 16.4. The lowest BCUT2D eigenvalue weighted by molar-refractivity contribution is -0.127. The third-order valence-corrected chi connectivity index (χ3v) is 6.35. The molecule has 1 atom stereocenters. The van der Waals surface area contributed by atoms with Crippen molar-refractivity contribution >= 4 is 23.3 Å². The van der Waals surface area contributed by atoms with Crippen LogP contribution in [0.4, 0.5) is 10.1 Å². The third kappa shape index (κ3) is 5.79. The summed E-state index contributed by atoms with van der Waals surface area (Å²) in [6, 6.07) is 8.06. The molecule has 2 amide bonds. The van der Waals surface area contributed by atoms with Gasteiger partial charge in [-0.05, 0) is 81.7 Å². The zero-order chi connectivity index (χ0) is 24.9. The van der Waals surface area contributed by atoms with E-state index in [9.17, 15) is 18.8 Å². The van der Waals surface area contributed by atoms with E-state index in [1.807, 2.05) is 0 Å². The Labute approximate surface area is 204 Å². The largest absolute Gasteiger partial charge is 0.485 e. The maximum Gasteiger partial charge on any atom is 0.265 e. The Morgan fingerprint density at radius 2 is 1.94 bits per heavy atom. The van der Waals surface area contributed by atoms with Gasteiger partial charge < -0.3 is 19.7 Å². The molecule has 35 heavy (non-hydrogen) atoms. The van der Waals surface area contributed by atoms with Gasteiger partial charge >= 0.3 is 0 Å². The minimum atomic E-state index is -0.771. The molecule has 0 saturated carbocycles. The molecule has 0 aromatic heterocycles. The number of hydrogen-bond donors (Lipinski definition) is 1. The van der Waals surface area contributed by atoms with Crippen LogP contribution in [-0.2, 0) is 9.59 Å². The van der Waals surface area contributed by atoms with Crippen molar-refractivity contribution < 1.29 is 28.2 Å². The molecule has 2 aliphatic rings. The molecule has 0 spiro atoms. The number of anilines is 1. The highest BCUT2D eigenvalue weighted by Gasteiger charge is 2.33. The SMILES string of the molecule is Cc1cc(F)ccc1OCC(=O)c1ccc2c(c1)N([C@@H](C)C(=O)NCCN1CCCC1)C(=O)CO2. The summed E-state index contributed by atoms with van der Waals surface area (Å²) < 4.78 is 24.4. The summed E-state index contributed by atoms with van der Waals surface area (Å²) in [5, 5.41) is 2.91. The lowest BCUT2D eigenvalue weighted by atomic mass is 10.1. The predicted octanol–water partition coefficient (Wildman–Crippen LogP) is 2.72. The zero-order valence-electron chi connectivity index (χ0n) is 20.0. The summed E-state index contributed by atoms with van der Waals surface area (Å²) in [6.07, 6.45) is 2.36. The van der Waals surface area contributed by atoms with Gasteiger partial charge in [-0.25, -0.2) is 4.39 Å². The minimum absolute atomic E-state index is 0.182. The summed E-state index contributed by atoms with van der Waals surface area (Å²) in [6.45, 7) is 6.29. The number of ketones is 1. The van der Waals surface area contributed by atoms with E-state index in [0.717, 1.165) is 19.6 Å². The molecule has 8 nitrogen and oxygen atoms in total. The number of nitrogens with zero attached hydrogens (tertiary/aromatic N) is 2. The number of amides is 2. The smallest absolute Gasteiger partial charge is 0.265 e. The van der Waals surface area contributed by atoms with Crippen molar-refractivity contribution in [3.05, 3.63) is 53.3 Å². The quantitative estimate of drug-likeness (QED) is 0.552. The Hall–Kier alpha value is -3.46. The molecule has 2 heterocycles. The molecular formula is C26H30FN3O5. The van der Waals surface area contributed by atoms with Gasteiger partial charge in [0.2, 0.25) is 5.91 Å². The summed E-state index contributed by atoms with van der Waals surface area (Å²) in [7, 11) is 0. The number of aryl methyl sites for hydroxylation is 1. The Balaban J connectivity index is 1.44. The predicted molar refractivity (Wildman–Crippen MR) is 129 cm³/mol. The number of halogens is 1. The zero-order valence-corrected chi connectivity index (χ0v) is 20.0. The van der Waals surface area contributed by atoms with Crippen molar-refractivity contribution in [2.75, 3.05) is 44.3 Å². The van der Waals surface area contributed by atoms with Crippen molar-refractivity contribution in [1.29, 1.82) is 0 Å². The van der Waals surface area contributed by atoms with Gasteiger partial charge in [0.15, 0.2) is 19.0 Å². The number of likely N-dealkylation sites (tertiary alicyclic amines) is 1. The van der Waals surface area contributed by atoms with Crippen LogP contribution in [0.5, 0.6) is 11.5 Å². The lowest BCUT2D eigenvalue weighted by Crippen LogP contribution is -2.52. The fourth-order valence-electron chi connectivity index (χ4n) is 4.38. The molecule has 0 unspecified atom stereocenters. The summed E-state index contributed by atoms with van der Waals surface area (Å²) in [4.78, 5) is 42.0. The van der Waals surface area contributed by atoms with Gasteiger partial charge in [-0.15, -0.1) is 0 Å². The van der Waals surface area contributed by atoms with E-state index in [0.29, 0.717) is 34.9 Å². The Morgan fingerprint density at radius 3 is 2.69 bits per heavy atom. The van der Waals surface area contributed by atoms with Crippen LogP contribution in [0.2, 0.25) is 0 Å². The molecule has 186 valence electrons. The maximum atomic E-state index is 13.3. The molecule has 9 heteroatoms. The van der Waals surface area contributed by atoms with E-state index in [2.05, 4.69) is 10.2 Å². The molecular weight excluding hydrogens is 453 g/mol. The number of carbonyl (C=O) groups is 3. The van der Waals surface area contributed by atoms with Crippen molar-refractivity contribution in [3.8, 4) is 11.5 Å². The first-order valence-electron chi connectivity index (χ1n) is 11.8. The fourth-order valence-corrected chi connectivity index (χ4v) is 4.38. The van der Waals surface area contributed by atoms with Gasteiger partial charge in [-0.3, -0.25) is 19.3 Å². The molecule has 4 rings (SSSR count). The second kappa shape index (κ2) is 10.9. The molecule has 0 radical (unpaired) electrons. The topological polar surface area (TPSA) is 88.2 Å². The van der Waals surface area contributed by atoms with Crippen molar-refractivity contribution in [1.82, 2.24) is 10.2 Å². The number of Topliss-reactive ketones (excluding diaryl/α,β-unsaturated/α-hetero) is 1. The molecule has 0 bridgehead atoms. The standard InChI is InChI=1S/C26H30FN3O5/c1-17-13-20(27)6-8-23(17)34-15-22(31)19-5-7-24-21(14-19)30(25(32)16-35-24)18(2)26(33)28-9-12-29-10-3-4-11-29/h5-8,13-14,18H,3-4,9-12,15-16H2,1-2H3,(H,28,33)/t18-/m0/s1. The van der Waals surface area contributed by atoms with Crippen molar-refractivity contribution in [2.45, 2.75) is 32.7 Å². The summed E-state index contributed by atoms with van der Waals surface area (Å²) in [5.74, 6) is -0.489. The van der Waals surface area contributed by atoms with Crippen LogP contribution < -0.4 is 19.7 Å². The average molecular weight is 484 g/mol. The van der Waals surface area contributed by atoms with E-state index in [1.165, 1.54) is 35.9 Å². The van der Waals surface area contributed by atoms with E-state index in [-0.39, 0.29) is 36.6 Å². The number of fused-ring (bicyclic) bond motifs is 1. The first kappa shape index (κ1) is 24.7. The third-order valence-electron chi connectivity index (χ3n) is 6.35. The second-order valence-electron chi connectivity index (χ2n) is 8.87. The Morgan fingerprint density at radius 1 is 1.17 bits per heavy atom. The highest BCUT2D eigenvalue weighted by molar-refractivity contribution is 6.05. The van der Waals surface area contributed by atoms with Crippen LogP contribution in [0, 0.1) is 12.7 Å². The van der Waals surface area contributed by atoms with Gasteiger partial charge in [0.1, 0.15) is 23.4 Å². The van der Waals surface area contributed by atoms with Crippen molar-refractivity contribution in [2.24, 2.45) is 0 Å². The summed E-state index contributed by atoms with van der Waals surface area (Å²) in [5.41, 5.74) is 1.26. The number of ether oxygens (including phenoxy) is 2. The number of hydrogen-bond acceptors (Lipinski definition) is 6. The van der Waals surface area contributed by atoms with Crippen LogP contribution in [-0.4, -0.2) is 67.9 Å². The van der Waals surface area contributed by atoms with Crippen molar-refractivity contribution in [3.63, 3.8) is 0 Å². The highest BCUT2D eigenvalue weighted by Crippen LogP contribution is 2.34. The number of nitrogens with one attached hydrogen (secondary N) is 1. The lowest BCUT2D eigenvalue weighted by Gasteiger charge is -2.33. The van der Waals surface area contributed by atoms with Gasteiger partial charge in [-0.2, -0.15) is 0 Å². The van der Waals surface area contributed by atoms with E-state index < -0.39 is 6.04 Å². The average Bonchev–Trinajstić information content (AvgIpc) is 3.36.